The highest BCUT2D eigenvalue weighted by Crippen LogP contribution is 2.17. The van der Waals surface area contributed by atoms with E-state index in [2.05, 4.69) is 5.32 Å². The molecule has 0 unspecified atom stereocenters. The van der Waals surface area contributed by atoms with E-state index in [-0.39, 0.29) is 5.56 Å². The normalized spacial score (nSPS) is 10.4. The molecule has 0 aliphatic rings. The molecule has 0 atom stereocenters. The molecule has 0 radical (unpaired) electrons. The van der Waals surface area contributed by atoms with Crippen LogP contribution < -0.4 is 11.1 Å². The molecule has 120 valence electrons. The van der Waals surface area contributed by atoms with Gasteiger partial charge in [-0.05, 0) is 54.6 Å². The van der Waals surface area contributed by atoms with Crippen LogP contribution in [0.25, 0.3) is 5.69 Å². The summed E-state index contributed by atoms with van der Waals surface area (Å²) >= 11 is 0. The lowest BCUT2D eigenvalue weighted by atomic mass is 10.1. The average molecular weight is 323 g/mol. The number of anilines is 1. The molecule has 0 aliphatic carbocycles. The molecule has 2 aromatic carbocycles. The molecule has 5 nitrogen and oxygen atoms in total. The molecule has 0 aliphatic heterocycles. The van der Waals surface area contributed by atoms with Gasteiger partial charge in [0.25, 0.3) is 5.91 Å². The zero-order valence-electron chi connectivity index (χ0n) is 12.6. The highest BCUT2D eigenvalue weighted by molar-refractivity contribution is 6.04. The third-order valence-corrected chi connectivity index (χ3v) is 3.52. The minimum atomic E-state index is -0.546. The third-order valence-electron chi connectivity index (χ3n) is 3.52. The molecule has 0 bridgehead atoms. The number of hydrogen-bond donors (Lipinski definition) is 2. The van der Waals surface area contributed by atoms with Crippen molar-refractivity contribution in [2.75, 3.05) is 5.32 Å². The zero-order valence-corrected chi connectivity index (χ0v) is 12.6. The van der Waals surface area contributed by atoms with Crippen LogP contribution in [-0.4, -0.2) is 16.4 Å². The molecule has 2 amide bonds. The highest BCUT2D eigenvalue weighted by atomic mass is 19.1. The van der Waals surface area contributed by atoms with Crippen LogP contribution in [0.1, 0.15) is 20.7 Å². The first-order valence-electron chi connectivity index (χ1n) is 7.19. The smallest absolute Gasteiger partial charge is 0.255 e. The monoisotopic (exact) mass is 323 g/mol. The molecule has 1 heterocycles. The van der Waals surface area contributed by atoms with Crippen LogP contribution in [0.4, 0.5) is 10.1 Å². The fourth-order valence-electron chi connectivity index (χ4n) is 2.27. The number of halogens is 1. The Labute approximate surface area is 137 Å². The SMILES string of the molecule is NC(=O)c1ccc(NC(=O)c2ccc(-n3cccc3)c(F)c2)cc1. The number of carbonyl (C=O) groups excluding carboxylic acids is 2. The van der Waals surface area contributed by atoms with Gasteiger partial charge in [-0.25, -0.2) is 4.39 Å². The van der Waals surface area contributed by atoms with E-state index in [1.165, 1.54) is 18.2 Å². The molecule has 6 heteroatoms. The molecule has 1 aromatic heterocycles. The van der Waals surface area contributed by atoms with E-state index in [0.717, 1.165) is 0 Å². The number of amides is 2. The van der Waals surface area contributed by atoms with E-state index < -0.39 is 17.6 Å². The summed E-state index contributed by atoms with van der Waals surface area (Å²) in [7, 11) is 0. The molecule has 0 saturated carbocycles. The highest BCUT2D eigenvalue weighted by Gasteiger charge is 2.11. The van der Waals surface area contributed by atoms with Crippen molar-refractivity contribution >= 4 is 17.5 Å². The van der Waals surface area contributed by atoms with E-state index in [1.54, 1.807) is 53.4 Å². The number of hydrogen-bond acceptors (Lipinski definition) is 2. The van der Waals surface area contributed by atoms with Gasteiger partial charge in [-0.2, -0.15) is 0 Å². The fourth-order valence-corrected chi connectivity index (χ4v) is 2.27. The Kier molecular flexibility index (Phi) is 4.11. The Morgan fingerprint density at radius 1 is 0.958 bits per heavy atom. The molecule has 3 aromatic rings. The summed E-state index contributed by atoms with van der Waals surface area (Å²) in [6.45, 7) is 0. The number of carbonyl (C=O) groups is 2. The number of aromatic nitrogens is 1. The van der Waals surface area contributed by atoms with E-state index in [1.807, 2.05) is 0 Å². The van der Waals surface area contributed by atoms with Crippen LogP contribution in [0, 0.1) is 5.82 Å². The molecular weight excluding hydrogens is 309 g/mol. The largest absolute Gasteiger partial charge is 0.366 e. The Balaban J connectivity index is 1.78. The standard InChI is InChI=1S/C18H14FN3O2/c19-15-11-13(5-8-16(15)22-9-1-2-10-22)18(24)21-14-6-3-12(4-7-14)17(20)23/h1-11H,(H2,20,23)(H,21,24). The van der Waals surface area contributed by atoms with Gasteiger partial charge in [0.15, 0.2) is 0 Å². The van der Waals surface area contributed by atoms with E-state index in [0.29, 0.717) is 16.9 Å². The maximum absolute atomic E-state index is 14.2. The Bertz CT molecular complexity index is 887. The summed E-state index contributed by atoms with van der Waals surface area (Å²) in [5.41, 5.74) is 6.55. The minimum absolute atomic E-state index is 0.197. The Hall–Kier alpha value is -3.41. The Morgan fingerprint density at radius 2 is 1.58 bits per heavy atom. The second-order valence-corrected chi connectivity index (χ2v) is 5.15. The summed E-state index contributed by atoms with van der Waals surface area (Å²) in [6.07, 6.45) is 3.44. The second-order valence-electron chi connectivity index (χ2n) is 5.15. The van der Waals surface area contributed by atoms with E-state index >= 15 is 0 Å². The number of benzene rings is 2. The number of nitrogens with two attached hydrogens (primary N) is 1. The summed E-state index contributed by atoms with van der Waals surface area (Å²) in [5.74, 6) is -1.49. The molecule has 3 rings (SSSR count). The van der Waals surface area contributed by atoms with Gasteiger partial charge in [0.05, 0.1) is 5.69 Å². The van der Waals surface area contributed by atoms with Crippen molar-refractivity contribution < 1.29 is 14.0 Å². The first-order valence-corrected chi connectivity index (χ1v) is 7.19. The molecule has 3 N–H and O–H groups in total. The van der Waals surface area contributed by atoms with Gasteiger partial charge >= 0.3 is 0 Å². The minimum Gasteiger partial charge on any atom is -0.366 e. The van der Waals surface area contributed by atoms with Crippen LogP contribution in [-0.2, 0) is 0 Å². The topological polar surface area (TPSA) is 77.1 Å². The van der Waals surface area contributed by atoms with Crippen molar-refractivity contribution in [2.24, 2.45) is 5.73 Å². The lowest BCUT2D eigenvalue weighted by molar-refractivity contribution is 0.0998. The van der Waals surface area contributed by atoms with Crippen molar-refractivity contribution in [1.29, 1.82) is 0 Å². The molecule has 0 fully saturated rings. The number of nitrogens with one attached hydrogen (secondary N) is 1. The first kappa shape index (κ1) is 15.5. The van der Waals surface area contributed by atoms with Gasteiger partial charge in [0, 0.05) is 29.2 Å². The quantitative estimate of drug-likeness (QED) is 0.774. The number of rotatable bonds is 4. The second kappa shape index (κ2) is 6.37. The van der Waals surface area contributed by atoms with Gasteiger partial charge in [0.1, 0.15) is 5.82 Å². The van der Waals surface area contributed by atoms with Gasteiger partial charge in [-0.15, -0.1) is 0 Å². The van der Waals surface area contributed by atoms with Crippen LogP contribution >= 0.6 is 0 Å². The van der Waals surface area contributed by atoms with Crippen LogP contribution in [0.15, 0.2) is 67.0 Å². The summed E-state index contributed by atoms with van der Waals surface area (Å²) in [5, 5.41) is 2.64. The molecule has 0 saturated heterocycles. The fraction of sp³-hybridized carbons (Fsp3) is 0. The Morgan fingerprint density at radius 3 is 2.17 bits per heavy atom. The van der Waals surface area contributed by atoms with Gasteiger partial charge < -0.3 is 15.6 Å². The van der Waals surface area contributed by atoms with Crippen molar-refractivity contribution in [3.63, 3.8) is 0 Å². The third kappa shape index (κ3) is 3.17. The molecular formula is C18H14FN3O2. The maximum atomic E-state index is 14.2. The van der Waals surface area contributed by atoms with Crippen LogP contribution in [0.5, 0.6) is 0 Å². The van der Waals surface area contributed by atoms with E-state index in [9.17, 15) is 14.0 Å². The van der Waals surface area contributed by atoms with Crippen LogP contribution in [0.3, 0.4) is 0 Å². The van der Waals surface area contributed by atoms with Crippen molar-refractivity contribution in [3.8, 4) is 5.69 Å². The van der Waals surface area contributed by atoms with Crippen LogP contribution in [0.2, 0.25) is 0 Å². The summed E-state index contributed by atoms with van der Waals surface area (Å²) in [6, 6.07) is 14.0. The van der Waals surface area contributed by atoms with Gasteiger partial charge in [-0.1, -0.05) is 0 Å². The van der Waals surface area contributed by atoms with Crippen molar-refractivity contribution in [1.82, 2.24) is 4.57 Å². The maximum Gasteiger partial charge on any atom is 0.255 e. The predicted octanol–water partition coefficient (Wildman–Crippen LogP) is 2.97. The van der Waals surface area contributed by atoms with Gasteiger partial charge in [0.2, 0.25) is 5.91 Å². The lowest BCUT2D eigenvalue weighted by Gasteiger charge is -2.09. The zero-order chi connectivity index (χ0) is 17.1. The summed E-state index contributed by atoms with van der Waals surface area (Å²) < 4.78 is 15.8. The van der Waals surface area contributed by atoms with Gasteiger partial charge in [-0.3, -0.25) is 9.59 Å². The first-order chi connectivity index (χ1) is 11.5. The molecule has 0 spiro atoms. The number of nitrogens with zero attached hydrogens (tertiary/aromatic N) is 1. The lowest BCUT2D eigenvalue weighted by Crippen LogP contribution is -2.14. The average Bonchev–Trinajstić information content (AvgIpc) is 3.09. The summed E-state index contributed by atoms with van der Waals surface area (Å²) in [4.78, 5) is 23.2. The molecule has 24 heavy (non-hydrogen) atoms. The number of primary amides is 1. The van der Waals surface area contributed by atoms with E-state index in [4.69, 9.17) is 5.73 Å². The van der Waals surface area contributed by atoms with Crippen molar-refractivity contribution in [2.45, 2.75) is 0 Å². The van der Waals surface area contributed by atoms with Crippen molar-refractivity contribution in [3.05, 3.63) is 83.9 Å². The predicted molar refractivity (Wildman–Crippen MR) is 88.6 cm³/mol.